The van der Waals surface area contributed by atoms with E-state index in [1.807, 2.05) is 0 Å². The molecule has 2 rings (SSSR count). The fraction of sp³-hybridized carbons (Fsp3) is 0.211. The van der Waals surface area contributed by atoms with Crippen molar-refractivity contribution in [1.82, 2.24) is 5.32 Å². The van der Waals surface area contributed by atoms with E-state index in [4.69, 9.17) is 4.74 Å². The lowest BCUT2D eigenvalue weighted by Crippen LogP contribution is -2.42. The van der Waals surface area contributed by atoms with Crippen LogP contribution in [0.1, 0.15) is 23.7 Å². The second-order valence-corrected chi connectivity index (χ2v) is 8.02. The molecule has 0 aliphatic heterocycles. The number of amides is 1. The zero-order chi connectivity index (χ0) is 20.7. The minimum Gasteiger partial charge on any atom is -0.480 e. The van der Waals surface area contributed by atoms with Gasteiger partial charge in [-0.2, -0.15) is 0 Å². The van der Waals surface area contributed by atoms with Crippen LogP contribution in [-0.4, -0.2) is 43.2 Å². The molecule has 0 saturated heterocycles. The Hall–Kier alpha value is -3.20. The number of sulfone groups is 1. The van der Waals surface area contributed by atoms with Crippen LogP contribution >= 0.6 is 0 Å². The van der Waals surface area contributed by atoms with Crippen LogP contribution in [-0.2, 0) is 19.4 Å². The molecule has 0 saturated carbocycles. The molecule has 2 aromatic carbocycles. The van der Waals surface area contributed by atoms with E-state index >= 15 is 0 Å². The summed E-state index contributed by atoms with van der Waals surface area (Å²) in [6.45, 7) is 1.21. The molecule has 1 amide bonds. The fourth-order valence-corrected chi connectivity index (χ4v) is 3.74. The lowest BCUT2D eigenvalue weighted by Gasteiger charge is -2.15. The summed E-state index contributed by atoms with van der Waals surface area (Å²) >= 11 is 0. The maximum Gasteiger partial charge on any atom is 0.326 e. The monoisotopic (exact) mass is 405 g/mol. The highest BCUT2D eigenvalue weighted by atomic mass is 32.2. The lowest BCUT2D eigenvalue weighted by molar-refractivity contribution is -0.139. The number of rotatable bonds is 8. The number of carbonyl (C=O) groups is 3. The molecule has 8 nitrogen and oxygen atoms in total. The SMILES string of the molecule is CC(=O)Oc1cccc(C(=O)N[C@@H](CCS(=O)(=O)c2ccccc2)C(=O)O)c1. The van der Waals surface area contributed by atoms with Gasteiger partial charge in [0, 0.05) is 12.5 Å². The van der Waals surface area contributed by atoms with E-state index in [-0.39, 0.29) is 22.6 Å². The van der Waals surface area contributed by atoms with Crippen molar-refractivity contribution >= 4 is 27.7 Å². The minimum absolute atomic E-state index is 0.0796. The van der Waals surface area contributed by atoms with Crippen LogP contribution in [0.3, 0.4) is 0 Å². The number of benzene rings is 2. The Morgan fingerprint density at radius 2 is 1.75 bits per heavy atom. The highest BCUT2D eigenvalue weighted by Crippen LogP contribution is 2.15. The zero-order valence-corrected chi connectivity index (χ0v) is 15.8. The van der Waals surface area contributed by atoms with Gasteiger partial charge in [0.2, 0.25) is 0 Å². The van der Waals surface area contributed by atoms with Gasteiger partial charge in [-0.25, -0.2) is 13.2 Å². The zero-order valence-electron chi connectivity index (χ0n) is 15.0. The van der Waals surface area contributed by atoms with Crippen LogP contribution in [0.25, 0.3) is 0 Å². The van der Waals surface area contributed by atoms with Gasteiger partial charge in [-0.3, -0.25) is 9.59 Å². The van der Waals surface area contributed by atoms with Gasteiger partial charge in [-0.15, -0.1) is 0 Å². The van der Waals surface area contributed by atoms with Crippen LogP contribution in [0.2, 0.25) is 0 Å². The highest BCUT2D eigenvalue weighted by molar-refractivity contribution is 7.91. The van der Waals surface area contributed by atoms with Crippen LogP contribution < -0.4 is 10.1 Å². The van der Waals surface area contributed by atoms with Crippen LogP contribution in [0.5, 0.6) is 5.75 Å². The number of hydrogen-bond donors (Lipinski definition) is 2. The molecule has 0 unspecified atom stereocenters. The Morgan fingerprint density at radius 3 is 2.36 bits per heavy atom. The lowest BCUT2D eigenvalue weighted by atomic mass is 10.1. The van der Waals surface area contributed by atoms with E-state index in [1.165, 1.54) is 43.3 Å². The normalized spacial score (nSPS) is 12.0. The number of ether oxygens (including phenoxy) is 1. The Bertz CT molecular complexity index is 971. The molecule has 0 aliphatic carbocycles. The summed E-state index contributed by atoms with van der Waals surface area (Å²) in [4.78, 5) is 34.9. The number of hydrogen-bond acceptors (Lipinski definition) is 6. The standard InChI is InChI=1S/C19H19NO7S/c1-13(21)27-15-7-5-6-14(12-15)18(22)20-17(19(23)24)10-11-28(25,26)16-8-3-2-4-9-16/h2-9,12,17H,10-11H2,1H3,(H,20,22)(H,23,24)/t17-/m0/s1. The third-order valence-corrected chi connectivity index (χ3v) is 5.50. The fourth-order valence-electron chi connectivity index (χ4n) is 2.38. The van der Waals surface area contributed by atoms with Crippen LogP contribution in [0, 0.1) is 0 Å². The molecular formula is C19H19NO7S. The van der Waals surface area contributed by atoms with E-state index in [0.717, 1.165) is 0 Å². The summed E-state index contributed by atoms with van der Waals surface area (Å²) in [5.41, 5.74) is 0.0796. The van der Waals surface area contributed by atoms with Crippen molar-refractivity contribution in [2.24, 2.45) is 0 Å². The summed E-state index contributed by atoms with van der Waals surface area (Å²) < 4.78 is 29.5. The minimum atomic E-state index is -3.68. The molecule has 0 fully saturated rings. The second kappa shape index (κ2) is 9.14. The molecule has 1 atom stereocenters. The molecule has 28 heavy (non-hydrogen) atoms. The van der Waals surface area contributed by atoms with Gasteiger partial charge in [0.1, 0.15) is 11.8 Å². The number of carbonyl (C=O) groups excluding carboxylic acids is 2. The number of nitrogens with one attached hydrogen (secondary N) is 1. The quantitative estimate of drug-likeness (QED) is 0.505. The van der Waals surface area contributed by atoms with Gasteiger partial charge in [0.05, 0.1) is 10.6 Å². The summed E-state index contributed by atoms with van der Waals surface area (Å²) in [6.07, 6.45) is -0.304. The van der Waals surface area contributed by atoms with E-state index in [2.05, 4.69) is 5.32 Å². The third kappa shape index (κ3) is 5.92. The average Bonchev–Trinajstić information content (AvgIpc) is 2.65. The molecular weight excluding hydrogens is 386 g/mol. The van der Waals surface area contributed by atoms with Gasteiger partial charge in [0.25, 0.3) is 5.91 Å². The summed E-state index contributed by atoms with van der Waals surface area (Å²) in [5.74, 6) is -2.95. The number of aliphatic carboxylic acids is 1. The highest BCUT2D eigenvalue weighted by Gasteiger charge is 2.24. The number of carboxylic acids is 1. The van der Waals surface area contributed by atoms with Crippen molar-refractivity contribution in [2.45, 2.75) is 24.3 Å². The maximum atomic E-state index is 12.3. The van der Waals surface area contributed by atoms with E-state index in [1.54, 1.807) is 18.2 Å². The predicted molar refractivity (Wildman–Crippen MR) is 99.8 cm³/mol. The molecule has 2 aromatic rings. The van der Waals surface area contributed by atoms with Crippen molar-refractivity contribution < 1.29 is 32.6 Å². The second-order valence-electron chi connectivity index (χ2n) is 5.91. The van der Waals surface area contributed by atoms with Crippen LogP contribution in [0.4, 0.5) is 0 Å². The van der Waals surface area contributed by atoms with Crippen molar-refractivity contribution in [3.05, 3.63) is 60.2 Å². The first-order valence-electron chi connectivity index (χ1n) is 8.29. The Balaban J connectivity index is 2.08. The number of carboxylic acid groups (broad SMARTS) is 1. The molecule has 148 valence electrons. The molecule has 0 aliphatic rings. The smallest absolute Gasteiger partial charge is 0.326 e. The topological polar surface area (TPSA) is 127 Å². The first-order valence-corrected chi connectivity index (χ1v) is 9.94. The van der Waals surface area contributed by atoms with Crippen molar-refractivity contribution in [2.75, 3.05) is 5.75 Å². The maximum absolute atomic E-state index is 12.3. The third-order valence-electron chi connectivity index (χ3n) is 3.74. The average molecular weight is 405 g/mol. The summed E-state index contributed by atoms with van der Waals surface area (Å²) in [5, 5.41) is 11.6. The van der Waals surface area contributed by atoms with Crippen molar-refractivity contribution in [1.29, 1.82) is 0 Å². The first kappa shape index (κ1) is 21.1. The molecule has 0 aromatic heterocycles. The summed E-state index contributed by atoms with van der Waals surface area (Å²) in [6, 6.07) is 11.9. The Labute approximate surface area is 162 Å². The van der Waals surface area contributed by atoms with Gasteiger partial charge in [-0.1, -0.05) is 24.3 Å². The molecule has 0 spiro atoms. The van der Waals surface area contributed by atoms with Gasteiger partial charge in [0.15, 0.2) is 9.84 Å². The predicted octanol–water partition coefficient (Wildman–Crippen LogP) is 1.66. The van der Waals surface area contributed by atoms with Crippen molar-refractivity contribution in [3.63, 3.8) is 0 Å². The van der Waals surface area contributed by atoms with Gasteiger partial charge < -0.3 is 15.2 Å². The van der Waals surface area contributed by atoms with Crippen molar-refractivity contribution in [3.8, 4) is 5.75 Å². The summed E-state index contributed by atoms with van der Waals surface area (Å²) in [7, 11) is -3.68. The molecule has 0 bridgehead atoms. The first-order chi connectivity index (χ1) is 13.2. The van der Waals surface area contributed by atoms with E-state index in [9.17, 15) is 27.9 Å². The molecule has 0 radical (unpaired) electrons. The molecule has 9 heteroatoms. The van der Waals surface area contributed by atoms with Gasteiger partial charge in [-0.05, 0) is 36.8 Å². The van der Waals surface area contributed by atoms with E-state index in [0.29, 0.717) is 0 Å². The Kier molecular flexibility index (Phi) is 6.89. The Morgan fingerprint density at radius 1 is 1.07 bits per heavy atom. The number of esters is 1. The van der Waals surface area contributed by atoms with Gasteiger partial charge >= 0.3 is 11.9 Å². The van der Waals surface area contributed by atoms with E-state index < -0.39 is 39.5 Å². The molecule has 0 heterocycles. The van der Waals surface area contributed by atoms with Crippen LogP contribution in [0.15, 0.2) is 59.5 Å². The molecule has 2 N–H and O–H groups in total. The largest absolute Gasteiger partial charge is 0.480 e.